The third-order valence-corrected chi connectivity index (χ3v) is 6.15. The van der Waals surface area contributed by atoms with E-state index >= 15 is 0 Å². The number of fused-ring (bicyclic) bond motifs is 5. The molecule has 2 fully saturated rings. The van der Waals surface area contributed by atoms with Gasteiger partial charge in [-0.15, -0.1) is 6.58 Å². The van der Waals surface area contributed by atoms with Crippen molar-refractivity contribution in [3.05, 3.63) is 48.1 Å². The number of methoxy groups -OCH3 is 1. The van der Waals surface area contributed by atoms with E-state index in [2.05, 4.69) is 16.4 Å². The van der Waals surface area contributed by atoms with Gasteiger partial charge in [-0.3, -0.25) is 9.59 Å². The van der Waals surface area contributed by atoms with Crippen molar-refractivity contribution in [3.63, 3.8) is 0 Å². The normalized spacial score (nSPS) is 25.5. The van der Waals surface area contributed by atoms with E-state index in [4.69, 9.17) is 9.47 Å². The van der Waals surface area contributed by atoms with Crippen LogP contribution in [-0.2, 0) is 25.5 Å². The van der Waals surface area contributed by atoms with E-state index in [1.54, 1.807) is 18.2 Å². The molecule has 1 aliphatic heterocycles. The molecule has 0 unspecified atom stereocenters. The molecule has 4 atom stereocenters. The van der Waals surface area contributed by atoms with Gasteiger partial charge in [0.1, 0.15) is 0 Å². The Labute approximate surface area is 186 Å². The van der Waals surface area contributed by atoms with Crippen LogP contribution in [0, 0.1) is 23.7 Å². The van der Waals surface area contributed by atoms with E-state index in [0.29, 0.717) is 30.1 Å². The van der Waals surface area contributed by atoms with Crippen LogP contribution in [0.4, 0.5) is 0 Å². The van der Waals surface area contributed by atoms with Crippen LogP contribution < -0.4 is 9.47 Å². The van der Waals surface area contributed by atoms with Crippen LogP contribution in [-0.4, -0.2) is 49.3 Å². The number of ether oxygens (including phenoxy) is 3. The number of hydrogen-bond donors (Lipinski definition) is 0. The highest BCUT2D eigenvalue weighted by atomic mass is 16.6. The monoisotopic (exact) mass is 438 g/mol. The van der Waals surface area contributed by atoms with Crippen LogP contribution in [0.15, 0.2) is 42.0 Å². The smallest absolute Gasteiger partial charge is 0.343 e. The molecule has 1 heterocycles. The molecule has 0 spiro atoms. The zero-order valence-corrected chi connectivity index (χ0v) is 18.2. The Balaban J connectivity index is 1.60. The summed E-state index contributed by atoms with van der Waals surface area (Å²) in [5.41, 5.74) is 1.36. The molecule has 1 aromatic rings. The van der Waals surface area contributed by atoms with Gasteiger partial charge in [-0.05, 0) is 49.3 Å². The molecule has 0 aromatic heterocycles. The first-order chi connectivity index (χ1) is 15.5. The summed E-state index contributed by atoms with van der Waals surface area (Å²) >= 11 is 0. The average molecular weight is 438 g/mol. The van der Waals surface area contributed by atoms with E-state index in [1.807, 2.05) is 19.1 Å². The standard InChI is InChI=1S/C24H26N2O6/c1-4-6-17-9-14(10-18(31-5-2)22(17)32-13-19(27)30-3)12-25-26-23(28)20-15-7-8-16(11-15)21(20)24(26)29/h4,7-10,12,15-16,20-21H,1,5-6,11,13H2,2-3H3/t15-,16-,20-,21+/m0/s1. The SMILES string of the molecule is C=CCc1cc(C=NN2C(=O)[C@@H]3[C@H](C2=O)[C@H]2C=C[C@H]3C2)cc(OCC)c1OCC(=O)OC. The molecule has 168 valence electrons. The largest absolute Gasteiger partial charge is 0.490 e. The van der Waals surface area contributed by atoms with Gasteiger partial charge in [0.05, 0.1) is 31.8 Å². The predicted octanol–water partition coefficient (Wildman–Crippen LogP) is 2.51. The van der Waals surface area contributed by atoms with E-state index in [0.717, 1.165) is 17.0 Å². The Morgan fingerprint density at radius 2 is 1.88 bits per heavy atom. The number of imide groups is 1. The molecule has 1 saturated carbocycles. The van der Waals surface area contributed by atoms with Crippen molar-refractivity contribution in [1.29, 1.82) is 0 Å². The van der Waals surface area contributed by atoms with Crippen molar-refractivity contribution in [2.24, 2.45) is 28.8 Å². The molecule has 0 N–H and O–H groups in total. The molecule has 1 saturated heterocycles. The van der Waals surface area contributed by atoms with Gasteiger partial charge in [-0.2, -0.15) is 10.1 Å². The molecule has 4 rings (SSSR count). The molecule has 8 nitrogen and oxygen atoms in total. The van der Waals surface area contributed by atoms with Gasteiger partial charge in [-0.25, -0.2) is 4.79 Å². The van der Waals surface area contributed by atoms with Crippen LogP contribution in [0.5, 0.6) is 11.5 Å². The summed E-state index contributed by atoms with van der Waals surface area (Å²) in [6, 6.07) is 3.50. The van der Waals surface area contributed by atoms with Crippen LogP contribution in [0.3, 0.4) is 0 Å². The molecule has 2 bridgehead atoms. The van der Waals surface area contributed by atoms with Gasteiger partial charge >= 0.3 is 5.97 Å². The van der Waals surface area contributed by atoms with Gasteiger partial charge in [-0.1, -0.05) is 18.2 Å². The Morgan fingerprint density at radius 1 is 1.19 bits per heavy atom. The second-order valence-corrected chi connectivity index (χ2v) is 8.03. The number of nitrogens with zero attached hydrogens (tertiary/aromatic N) is 2. The number of esters is 1. The second-order valence-electron chi connectivity index (χ2n) is 8.03. The first-order valence-electron chi connectivity index (χ1n) is 10.7. The molecule has 1 aromatic carbocycles. The Kier molecular flexibility index (Phi) is 6.12. The molecule has 2 aliphatic carbocycles. The summed E-state index contributed by atoms with van der Waals surface area (Å²) < 4.78 is 16.0. The molecule has 0 radical (unpaired) electrons. The van der Waals surface area contributed by atoms with Crippen molar-refractivity contribution in [2.75, 3.05) is 20.3 Å². The molecule has 2 amide bonds. The topological polar surface area (TPSA) is 94.5 Å². The maximum atomic E-state index is 12.8. The Morgan fingerprint density at radius 3 is 2.47 bits per heavy atom. The molecule has 8 heteroatoms. The molecule has 32 heavy (non-hydrogen) atoms. The quantitative estimate of drug-likeness (QED) is 0.255. The molecular formula is C24H26N2O6. The summed E-state index contributed by atoms with van der Waals surface area (Å²) in [6.07, 6.45) is 8.61. The average Bonchev–Trinajstić information content (AvgIpc) is 3.46. The van der Waals surface area contributed by atoms with Crippen LogP contribution in [0.2, 0.25) is 0 Å². The second kappa shape index (κ2) is 8.98. The fraction of sp³-hybridized carbons (Fsp3) is 0.417. The summed E-state index contributed by atoms with van der Waals surface area (Å²) in [6.45, 7) is 5.72. The lowest BCUT2D eigenvalue weighted by Crippen LogP contribution is -2.28. The van der Waals surface area contributed by atoms with Crippen LogP contribution in [0.25, 0.3) is 0 Å². The lowest BCUT2D eigenvalue weighted by atomic mass is 9.85. The summed E-state index contributed by atoms with van der Waals surface area (Å²) in [7, 11) is 1.29. The minimum absolute atomic E-state index is 0.136. The first-order valence-corrected chi connectivity index (χ1v) is 10.7. The number of amides is 2. The van der Waals surface area contributed by atoms with Crippen molar-refractivity contribution in [3.8, 4) is 11.5 Å². The third kappa shape index (κ3) is 3.81. The predicted molar refractivity (Wildman–Crippen MR) is 116 cm³/mol. The van der Waals surface area contributed by atoms with Gasteiger partial charge in [0, 0.05) is 5.56 Å². The lowest BCUT2D eigenvalue weighted by molar-refractivity contribution is -0.143. The molecule has 3 aliphatic rings. The number of benzene rings is 1. The van der Waals surface area contributed by atoms with Gasteiger partial charge in [0.2, 0.25) is 0 Å². The number of hydrogen-bond acceptors (Lipinski definition) is 7. The van der Waals surface area contributed by atoms with E-state index in [9.17, 15) is 14.4 Å². The van der Waals surface area contributed by atoms with Crippen LogP contribution in [0.1, 0.15) is 24.5 Å². The maximum absolute atomic E-state index is 12.8. The third-order valence-electron chi connectivity index (χ3n) is 6.15. The number of hydrazone groups is 1. The number of carbonyl (C=O) groups excluding carboxylic acids is 3. The highest BCUT2D eigenvalue weighted by Gasteiger charge is 2.59. The molecular weight excluding hydrogens is 412 g/mol. The first kappa shape index (κ1) is 21.8. The van der Waals surface area contributed by atoms with Crippen LogP contribution >= 0.6 is 0 Å². The summed E-state index contributed by atoms with van der Waals surface area (Å²) in [5, 5.41) is 5.25. The maximum Gasteiger partial charge on any atom is 0.343 e. The minimum Gasteiger partial charge on any atom is -0.490 e. The minimum atomic E-state index is -0.511. The van der Waals surface area contributed by atoms with E-state index < -0.39 is 5.97 Å². The van der Waals surface area contributed by atoms with Crippen molar-refractivity contribution >= 4 is 24.0 Å². The van der Waals surface area contributed by atoms with Crippen molar-refractivity contribution in [2.45, 2.75) is 19.8 Å². The van der Waals surface area contributed by atoms with E-state index in [-0.39, 0.29) is 42.1 Å². The van der Waals surface area contributed by atoms with Crippen molar-refractivity contribution in [1.82, 2.24) is 5.01 Å². The highest BCUT2D eigenvalue weighted by molar-refractivity contribution is 6.06. The van der Waals surface area contributed by atoms with Gasteiger partial charge in [0.15, 0.2) is 18.1 Å². The Bertz CT molecular complexity index is 984. The van der Waals surface area contributed by atoms with Gasteiger partial charge < -0.3 is 14.2 Å². The zero-order valence-electron chi connectivity index (χ0n) is 18.2. The number of allylic oxidation sites excluding steroid dienone is 3. The number of rotatable bonds is 9. The summed E-state index contributed by atoms with van der Waals surface area (Å²) in [4.78, 5) is 37.2. The van der Waals surface area contributed by atoms with Gasteiger partial charge in [0.25, 0.3) is 11.8 Å². The lowest BCUT2D eigenvalue weighted by Gasteiger charge is -2.16. The highest BCUT2D eigenvalue weighted by Crippen LogP contribution is 2.52. The summed E-state index contributed by atoms with van der Waals surface area (Å²) in [5.74, 6) is -0.450. The number of carbonyl (C=O) groups is 3. The fourth-order valence-corrected chi connectivity index (χ4v) is 4.81. The Hall–Kier alpha value is -3.42. The fourth-order valence-electron chi connectivity index (χ4n) is 4.81. The zero-order chi connectivity index (χ0) is 22.8. The van der Waals surface area contributed by atoms with Crippen molar-refractivity contribution < 1.29 is 28.6 Å². The van der Waals surface area contributed by atoms with E-state index in [1.165, 1.54) is 13.3 Å².